The number of hydrogen-bond acceptors (Lipinski definition) is 4. The van der Waals surface area contributed by atoms with Crippen LogP contribution in [0.4, 0.5) is 5.69 Å². The first-order valence-corrected chi connectivity index (χ1v) is 11.4. The molecule has 2 aromatic carbocycles. The molecule has 0 bridgehead atoms. The smallest absolute Gasteiger partial charge is 0.239 e. The van der Waals surface area contributed by atoms with E-state index in [9.17, 15) is 9.59 Å². The Morgan fingerprint density at radius 2 is 1.61 bits per heavy atom. The molecule has 2 heterocycles. The number of carbonyl (C=O) groups excluding carboxylic acids is 2. The number of benzene rings is 2. The SMILES string of the molecule is O=C(CCN1CCCCC1C(=O)N1CCCC1)Nc1ccccc1Oc1ccccc1. The van der Waals surface area contributed by atoms with Gasteiger partial charge in [0.15, 0.2) is 5.75 Å². The lowest BCUT2D eigenvalue weighted by Crippen LogP contribution is -2.50. The fourth-order valence-electron chi connectivity index (χ4n) is 4.42. The van der Waals surface area contributed by atoms with Gasteiger partial charge in [0.05, 0.1) is 11.7 Å². The standard InChI is InChI=1S/C25H31N3O3/c29-24(26-21-12-4-5-14-23(21)31-20-10-2-1-3-11-20)15-19-27-16-7-6-13-22(27)25(30)28-17-8-9-18-28/h1-5,10-12,14,22H,6-9,13,15-19H2,(H,26,29). The second-order valence-electron chi connectivity index (χ2n) is 8.29. The molecule has 2 fully saturated rings. The highest BCUT2D eigenvalue weighted by atomic mass is 16.5. The van der Waals surface area contributed by atoms with Crippen molar-refractivity contribution in [1.29, 1.82) is 0 Å². The van der Waals surface area contributed by atoms with Crippen molar-refractivity contribution < 1.29 is 14.3 Å². The molecule has 2 aliphatic rings. The molecule has 31 heavy (non-hydrogen) atoms. The van der Waals surface area contributed by atoms with Gasteiger partial charge >= 0.3 is 0 Å². The van der Waals surface area contributed by atoms with Gasteiger partial charge in [-0.3, -0.25) is 14.5 Å². The molecule has 0 aliphatic carbocycles. The molecular formula is C25H31N3O3. The average molecular weight is 422 g/mol. The quantitative estimate of drug-likeness (QED) is 0.725. The van der Waals surface area contributed by atoms with Gasteiger partial charge in [0.1, 0.15) is 5.75 Å². The number of nitrogens with one attached hydrogen (secondary N) is 1. The van der Waals surface area contributed by atoms with Crippen LogP contribution in [0.15, 0.2) is 54.6 Å². The van der Waals surface area contributed by atoms with Crippen molar-refractivity contribution in [2.75, 3.05) is 31.5 Å². The van der Waals surface area contributed by atoms with Crippen molar-refractivity contribution in [2.45, 2.75) is 44.6 Å². The Labute approximate surface area is 184 Å². The summed E-state index contributed by atoms with van der Waals surface area (Å²) in [5.74, 6) is 1.52. The molecule has 2 aliphatic heterocycles. The van der Waals surface area contributed by atoms with Gasteiger partial charge in [-0.05, 0) is 56.5 Å². The van der Waals surface area contributed by atoms with Crippen molar-refractivity contribution in [3.05, 3.63) is 54.6 Å². The summed E-state index contributed by atoms with van der Waals surface area (Å²) < 4.78 is 5.94. The van der Waals surface area contributed by atoms with Gasteiger partial charge in [-0.25, -0.2) is 0 Å². The van der Waals surface area contributed by atoms with Crippen LogP contribution in [0.1, 0.15) is 38.5 Å². The van der Waals surface area contributed by atoms with E-state index in [4.69, 9.17) is 4.74 Å². The maximum atomic E-state index is 12.9. The van der Waals surface area contributed by atoms with Gasteiger partial charge in [0.25, 0.3) is 0 Å². The monoisotopic (exact) mass is 421 g/mol. The third-order valence-electron chi connectivity index (χ3n) is 6.07. The van der Waals surface area contributed by atoms with Crippen LogP contribution in [0.2, 0.25) is 0 Å². The van der Waals surface area contributed by atoms with E-state index in [-0.39, 0.29) is 17.9 Å². The number of hydrogen-bond donors (Lipinski definition) is 1. The van der Waals surface area contributed by atoms with E-state index in [0.717, 1.165) is 57.5 Å². The minimum absolute atomic E-state index is 0.0675. The minimum atomic E-state index is -0.0756. The first-order valence-electron chi connectivity index (χ1n) is 11.4. The highest BCUT2D eigenvalue weighted by Gasteiger charge is 2.32. The summed E-state index contributed by atoms with van der Waals surface area (Å²) in [4.78, 5) is 29.8. The first kappa shape index (κ1) is 21.4. The summed E-state index contributed by atoms with van der Waals surface area (Å²) >= 11 is 0. The normalized spacial score (nSPS) is 19.2. The number of carbonyl (C=O) groups is 2. The van der Waals surface area contributed by atoms with Gasteiger partial charge in [-0.1, -0.05) is 36.8 Å². The third-order valence-corrected chi connectivity index (χ3v) is 6.07. The van der Waals surface area contributed by atoms with Crippen LogP contribution in [0, 0.1) is 0 Å². The largest absolute Gasteiger partial charge is 0.455 e. The van der Waals surface area contributed by atoms with E-state index in [2.05, 4.69) is 10.2 Å². The summed E-state index contributed by atoms with van der Waals surface area (Å²) in [5, 5.41) is 2.98. The van der Waals surface area contributed by atoms with Gasteiger partial charge in [0, 0.05) is 26.1 Å². The summed E-state index contributed by atoms with van der Waals surface area (Å²) in [6, 6.07) is 16.9. The maximum Gasteiger partial charge on any atom is 0.239 e. The zero-order valence-corrected chi connectivity index (χ0v) is 18.0. The molecule has 1 N–H and O–H groups in total. The van der Waals surface area contributed by atoms with E-state index >= 15 is 0 Å². The van der Waals surface area contributed by atoms with Crippen molar-refractivity contribution >= 4 is 17.5 Å². The summed E-state index contributed by atoms with van der Waals surface area (Å²) in [7, 11) is 0. The Hall–Kier alpha value is -2.86. The Morgan fingerprint density at radius 3 is 2.42 bits per heavy atom. The van der Waals surface area contributed by atoms with Crippen LogP contribution < -0.4 is 10.1 Å². The van der Waals surface area contributed by atoms with Crippen LogP contribution in [0.3, 0.4) is 0 Å². The molecule has 0 spiro atoms. The molecule has 1 unspecified atom stereocenters. The van der Waals surface area contributed by atoms with E-state index < -0.39 is 0 Å². The van der Waals surface area contributed by atoms with Crippen LogP contribution in [0.25, 0.3) is 0 Å². The molecule has 4 rings (SSSR count). The second-order valence-corrected chi connectivity index (χ2v) is 8.29. The predicted octanol–water partition coefficient (Wildman–Crippen LogP) is 4.28. The molecule has 0 saturated carbocycles. The lowest BCUT2D eigenvalue weighted by Gasteiger charge is -2.36. The lowest BCUT2D eigenvalue weighted by molar-refractivity contribution is -0.137. The van der Waals surface area contributed by atoms with Crippen molar-refractivity contribution in [3.8, 4) is 11.5 Å². The number of amides is 2. The fourth-order valence-corrected chi connectivity index (χ4v) is 4.42. The molecule has 6 nitrogen and oxygen atoms in total. The highest BCUT2D eigenvalue weighted by Crippen LogP contribution is 2.29. The van der Waals surface area contributed by atoms with E-state index in [1.807, 2.05) is 59.5 Å². The molecular weight excluding hydrogens is 390 g/mol. The molecule has 6 heteroatoms. The Bertz CT molecular complexity index is 881. The molecule has 1 atom stereocenters. The van der Waals surface area contributed by atoms with E-state index in [1.165, 1.54) is 0 Å². The molecule has 2 saturated heterocycles. The fraction of sp³-hybridized carbons (Fsp3) is 0.440. The molecule has 0 aromatic heterocycles. The molecule has 2 aromatic rings. The maximum absolute atomic E-state index is 12.9. The zero-order valence-electron chi connectivity index (χ0n) is 18.0. The van der Waals surface area contributed by atoms with Crippen LogP contribution >= 0.6 is 0 Å². The summed E-state index contributed by atoms with van der Waals surface area (Å²) in [6.07, 6.45) is 5.61. The van der Waals surface area contributed by atoms with Crippen LogP contribution in [0.5, 0.6) is 11.5 Å². The lowest BCUT2D eigenvalue weighted by atomic mass is 10.0. The minimum Gasteiger partial charge on any atom is -0.455 e. The van der Waals surface area contributed by atoms with E-state index in [1.54, 1.807) is 0 Å². The number of piperidine rings is 1. The van der Waals surface area contributed by atoms with E-state index in [0.29, 0.717) is 24.4 Å². The highest BCUT2D eigenvalue weighted by molar-refractivity contribution is 5.92. The third kappa shape index (κ3) is 5.64. The number of likely N-dealkylation sites (tertiary alicyclic amines) is 2. The number of nitrogens with zero attached hydrogens (tertiary/aromatic N) is 2. The van der Waals surface area contributed by atoms with Crippen LogP contribution in [-0.4, -0.2) is 53.8 Å². The molecule has 0 radical (unpaired) electrons. The summed E-state index contributed by atoms with van der Waals surface area (Å²) in [5.41, 5.74) is 0.652. The number of rotatable bonds is 7. The number of para-hydroxylation sites is 3. The van der Waals surface area contributed by atoms with Crippen molar-refractivity contribution in [3.63, 3.8) is 0 Å². The number of anilines is 1. The van der Waals surface area contributed by atoms with Gasteiger partial charge in [0.2, 0.25) is 11.8 Å². The predicted molar refractivity (Wildman–Crippen MR) is 121 cm³/mol. The van der Waals surface area contributed by atoms with Crippen LogP contribution in [-0.2, 0) is 9.59 Å². The molecule has 164 valence electrons. The molecule has 2 amide bonds. The Balaban J connectivity index is 1.34. The first-order chi connectivity index (χ1) is 15.2. The van der Waals surface area contributed by atoms with Crippen molar-refractivity contribution in [1.82, 2.24) is 9.80 Å². The number of ether oxygens (including phenoxy) is 1. The second kappa shape index (κ2) is 10.4. The summed E-state index contributed by atoms with van der Waals surface area (Å²) in [6.45, 7) is 3.23. The van der Waals surface area contributed by atoms with Crippen molar-refractivity contribution in [2.24, 2.45) is 0 Å². The average Bonchev–Trinajstić information content (AvgIpc) is 3.34. The van der Waals surface area contributed by atoms with Gasteiger partial charge in [-0.15, -0.1) is 0 Å². The van der Waals surface area contributed by atoms with Gasteiger partial charge in [-0.2, -0.15) is 0 Å². The Kier molecular flexibility index (Phi) is 7.20. The topological polar surface area (TPSA) is 61.9 Å². The Morgan fingerprint density at radius 1 is 0.903 bits per heavy atom. The zero-order chi connectivity index (χ0) is 21.5. The van der Waals surface area contributed by atoms with Gasteiger partial charge < -0.3 is 15.0 Å².